The van der Waals surface area contributed by atoms with Crippen LogP contribution in [0.25, 0.3) is 0 Å². The number of halogens is 1. The number of carbonyl (C=O) groups excluding carboxylic acids is 1. The van der Waals surface area contributed by atoms with Gasteiger partial charge in [-0.05, 0) is 19.1 Å². The average molecular weight is 226 g/mol. The van der Waals surface area contributed by atoms with E-state index in [2.05, 4.69) is 0 Å². The van der Waals surface area contributed by atoms with E-state index < -0.39 is 5.97 Å². The van der Waals surface area contributed by atoms with Crippen molar-refractivity contribution in [3.63, 3.8) is 0 Å². The van der Waals surface area contributed by atoms with Gasteiger partial charge in [0.15, 0.2) is 0 Å². The lowest BCUT2D eigenvalue weighted by atomic mass is 10.1. The minimum absolute atomic E-state index is 0.0767. The number of ether oxygens (including phenoxy) is 1. The van der Waals surface area contributed by atoms with Crippen molar-refractivity contribution < 1.29 is 14.6 Å². The summed E-state index contributed by atoms with van der Waals surface area (Å²) < 4.78 is 4.73. The first-order valence-corrected chi connectivity index (χ1v) is 4.58. The topological polar surface area (TPSA) is 70.3 Å². The van der Waals surface area contributed by atoms with E-state index >= 15 is 0 Å². The lowest BCUT2D eigenvalue weighted by Crippen LogP contribution is -2.06. The summed E-state index contributed by atoms with van der Waals surface area (Å²) in [6.07, 6.45) is 0. The molecule has 0 radical (unpaired) electrons. The molecule has 0 spiro atoms. The zero-order valence-electron chi connectivity index (χ0n) is 7.95. The molecule has 0 fully saturated rings. The van der Waals surface area contributed by atoms with Crippen LogP contribution < -0.4 is 0 Å². The van der Waals surface area contributed by atoms with Gasteiger partial charge in [-0.2, -0.15) is 5.26 Å². The van der Waals surface area contributed by atoms with Crippen molar-refractivity contribution in [1.82, 2.24) is 0 Å². The van der Waals surface area contributed by atoms with Crippen LogP contribution >= 0.6 is 11.6 Å². The first kappa shape index (κ1) is 11.3. The number of esters is 1. The average Bonchev–Trinajstić information content (AvgIpc) is 2.18. The fourth-order valence-electron chi connectivity index (χ4n) is 1.04. The minimum atomic E-state index is -0.612. The van der Waals surface area contributed by atoms with Gasteiger partial charge in [0.05, 0.1) is 17.2 Å². The summed E-state index contributed by atoms with van der Waals surface area (Å²) in [6, 6.07) is 4.26. The van der Waals surface area contributed by atoms with E-state index in [0.717, 1.165) is 0 Å². The summed E-state index contributed by atoms with van der Waals surface area (Å²) in [5.41, 5.74) is -0.0462. The van der Waals surface area contributed by atoms with E-state index in [9.17, 15) is 9.90 Å². The largest absolute Gasteiger partial charge is 0.507 e. The Morgan fingerprint density at radius 3 is 2.87 bits per heavy atom. The van der Waals surface area contributed by atoms with E-state index in [1.54, 1.807) is 13.0 Å². The van der Waals surface area contributed by atoms with E-state index in [1.165, 1.54) is 12.1 Å². The van der Waals surface area contributed by atoms with E-state index in [-0.39, 0.29) is 28.5 Å². The Bertz CT molecular complexity index is 437. The van der Waals surface area contributed by atoms with Gasteiger partial charge in [-0.1, -0.05) is 11.6 Å². The highest BCUT2D eigenvalue weighted by Crippen LogP contribution is 2.28. The molecule has 0 saturated heterocycles. The monoisotopic (exact) mass is 225 g/mol. The molecule has 0 saturated carbocycles. The molecule has 1 rings (SSSR count). The molecule has 0 atom stereocenters. The maximum absolute atomic E-state index is 11.3. The van der Waals surface area contributed by atoms with Gasteiger partial charge in [0.2, 0.25) is 0 Å². The lowest BCUT2D eigenvalue weighted by molar-refractivity contribution is 0.0526. The first-order chi connectivity index (χ1) is 7.11. The van der Waals surface area contributed by atoms with Crippen LogP contribution in [0.3, 0.4) is 0 Å². The fraction of sp³-hybridized carbons (Fsp3) is 0.200. The van der Waals surface area contributed by atoms with Crippen LogP contribution in [0.15, 0.2) is 12.1 Å². The Morgan fingerprint density at radius 1 is 1.67 bits per heavy atom. The highest BCUT2D eigenvalue weighted by molar-refractivity contribution is 6.34. The molecule has 4 nitrogen and oxygen atoms in total. The van der Waals surface area contributed by atoms with Gasteiger partial charge < -0.3 is 9.84 Å². The zero-order valence-corrected chi connectivity index (χ0v) is 8.71. The molecule has 1 aromatic rings. The third-order valence-electron chi connectivity index (χ3n) is 1.73. The molecule has 0 bridgehead atoms. The van der Waals surface area contributed by atoms with Gasteiger partial charge in [-0.15, -0.1) is 0 Å². The van der Waals surface area contributed by atoms with Gasteiger partial charge in [0.1, 0.15) is 17.4 Å². The SMILES string of the molecule is CCOC(=O)c1ccc(O)c(C#N)c1Cl. The van der Waals surface area contributed by atoms with Gasteiger partial charge >= 0.3 is 5.97 Å². The van der Waals surface area contributed by atoms with Crippen LogP contribution in [-0.2, 0) is 4.74 Å². The molecule has 0 unspecified atom stereocenters. The van der Waals surface area contributed by atoms with Crippen molar-refractivity contribution >= 4 is 17.6 Å². The maximum atomic E-state index is 11.3. The predicted molar refractivity (Wildman–Crippen MR) is 53.8 cm³/mol. The molecule has 15 heavy (non-hydrogen) atoms. The van der Waals surface area contributed by atoms with Gasteiger partial charge in [-0.25, -0.2) is 4.79 Å². The smallest absolute Gasteiger partial charge is 0.339 e. The Labute approximate surface area is 91.7 Å². The lowest BCUT2D eigenvalue weighted by Gasteiger charge is -2.05. The number of hydrogen-bond donors (Lipinski definition) is 1. The van der Waals surface area contributed by atoms with Crippen molar-refractivity contribution in [3.05, 3.63) is 28.3 Å². The zero-order chi connectivity index (χ0) is 11.4. The standard InChI is InChI=1S/C10H8ClNO3/c1-2-15-10(14)6-3-4-8(13)7(5-12)9(6)11/h3-4,13H,2H2,1H3. The Balaban J connectivity index is 3.23. The molecule has 1 aromatic carbocycles. The summed E-state index contributed by atoms with van der Waals surface area (Å²) in [5, 5.41) is 17.9. The van der Waals surface area contributed by atoms with E-state index in [1.807, 2.05) is 0 Å². The van der Waals surface area contributed by atoms with Crippen molar-refractivity contribution in [3.8, 4) is 11.8 Å². The second-order valence-electron chi connectivity index (χ2n) is 2.65. The number of nitrogens with zero attached hydrogens (tertiary/aromatic N) is 1. The second kappa shape index (κ2) is 4.67. The van der Waals surface area contributed by atoms with Crippen molar-refractivity contribution in [2.75, 3.05) is 6.61 Å². The van der Waals surface area contributed by atoms with Crippen LogP contribution in [0, 0.1) is 11.3 Å². The number of phenols is 1. The van der Waals surface area contributed by atoms with Crippen molar-refractivity contribution in [1.29, 1.82) is 5.26 Å². The van der Waals surface area contributed by atoms with Crippen molar-refractivity contribution in [2.45, 2.75) is 6.92 Å². The number of benzene rings is 1. The summed E-state index contributed by atoms with van der Waals surface area (Å²) in [5.74, 6) is -0.866. The van der Waals surface area contributed by atoms with Crippen LogP contribution in [0.1, 0.15) is 22.8 Å². The number of rotatable bonds is 2. The summed E-state index contributed by atoms with van der Waals surface area (Å²) in [6.45, 7) is 1.88. The van der Waals surface area contributed by atoms with Crippen LogP contribution in [0.5, 0.6) is 5.75 Å². The molecule has 5 heteroatoms. The molecule has 0 amide bonds. The van der Waals surface area contributed by atoms with Crippen molar-refractivity contribution in [2.24, 2.45) is 0 Å². The molecule has 0 aromatic heterocycles. The molecule has 0 aliphatic carbocycles. The number of hydrogen-bond acceptors (Lipinski definition) is 4. The molecule has 0 aliphatic rings. The highest BCUT2D eigenvalue weighted by atomic mass is 35.5. The fourth-order valence-corrected chi connectivity index (χ4v) is 1.32. The van der Waals surface area contributed by atoms with Crippen LogP contribution in [-0.4, -0.2) is 17.7 Å². The highest BCUT2D eigenvalue weighted by Gasteiger charge is 2.17. The Morgan fingerprint density at radius 2 is 2.33 bits per heavy atom. The summed E-state index contributed by atoms with van der Waals surface area (Å²) in [7, 11) is 0. The van der Waals surface area contributed by atoms with Gasteiger partial charge in [-0.3, -0.25) is 0 Å². The van der Waals surface area contributed by atoms with Gasteiger partial charge in [0.25, 0.3) is 0 Å². The van der Waals surface area contributed by atoms with E-state index in [0.29, 0.717) is 0 Å². The summed E-state index contributed by atoms with van der Waals surface area (Å²) >= 11 is 5.76. The second-order valence-corrected chi connectivity index (χ2v) is 3.03. The van der Waals surface area contributed by atoms with Crippen LogP contribution in [0.2, 0.25) is 5.02 Å². The minimum Gasteiger partial charge on any atom is -0.507 e. The number of nitriles is 1. The quantitative estimate of drug-likeness (QED) is 0.783. The van der Waals surface area contributed by atoms with E-state index in [4.69, 9.17) is 21.6 Å². The number of phenolic OH excluding ortho intramolecular Hbond substituents is 1. The molecule has 1 N–H and O–H groups in total. The number of aromatic hydroxyl groups is 1. The Kier molecular flexibility index (Phi) is 3.53. The predicted octanol–water partition coefficient (Wildman–Crippen LogP) is 2.09. The Hall–Kier alpha value is -1.73. The third-order valence-corrected chi connectivity index (χ3v) is 2.12. The number of carbonyl (C=O) groups is 1. The summed E-state index contributed by atoms with van der Waals surface area (Å²) in [4.78, 5) is 11.3. The molecular formula is C10H8ClNO3. The molecule has 0 aliphatic heterocycles. The maximum Gasteiger partial charge on any atom is 0.339 e. The molecule has 78 valence electrons. The normalized spacial score (nSPS) is 9.40. The third kappa shape index (κ3) is 2.20. The molecule has 0 heterocycles. The first-order valence-electron chi connectivity index (χ1n) is 4.20. The molecular weight excluding hydrogens is 218 g/mol. The van der Waals surface area contributed by atoms with Gasteiger partial charge in [0, 0.05) is 0 Å². The van der Waals surface area contributed by atoms with Crippen LogP contribution in [0.4, 0.5) is 0 Å².